The van der Waals surface area contributed by atoms with Gasteiger partial charge in [0.2, 0.25) is 0 Å². The molecule has 2 aromatic carbocycles. The van der Waals surface area contributed by atoms with Crippen LogP contribution in [0.25, 0.3) is 5.76 Å². The molecule has 1 aliphatic rings. The number of amides is 1. The lowest BCUT2D eigenvalue weighted by atomic mass is 9.95. The van der Waals surface area contributed by atoms with E-state index in [1.165, 1.54) is 50.6 Å². The molecule has 1 saturated heterocycles. The van der Waals surface area contributed by atoms with E-state index in [1.807, 2.05) is 0 Å². The van der Waals surface area contributed by atoms with Gasteiger partial charge in [0.1, 0.15) is 16.4 Å². The van der Waals surface area contributed by atoms with Crippen molar-refractivity contribution in [3.8, 4) is 5.75 Å². The predicted octanol–water partition coefficient (Wildman–Crippen LogP) is 3.78. The molecule has 36 heavy (non-hydrogen) atoms. The summed E-state index contributed by atoms with van der Waals surface area (Å²) in [6.07, 6.45) is 0. The standard InChI is InChI=1S/C24H19N3O8S/c1-12-21(23(31)35-3)36-24(25-12)26-18(13-6-4-8-15(10-13)27(32)33)17(20(29)22(26)30)19(28)14-7-5-9-16(11-14)34-2/h4-11,18,28H,1-3H3/b19-17+/t18-/m1/s1. The highest BCUT2D eigenvalue weighted by atomic mass is 32.1. The van der Waals surface area contributed by atoms with Crippen LogP contribution in [0.4, 0.5) is 10.8 Å². The lowest BCUT2D eigenvalue weighted by molar-refractivity contribution is -0.384. The van der Waals surface area contributed by atoms with Crippen molar-refractivity contribution in [2.24, 2.45) is 0 Å². The van der Waals surface area contributed by atoms with Crippen LogP contribution in [0, 0.1) is 17.0 Å². The third-order valence-corrected chi connectivity index (χ3v) is 6.68. The normalized spacial score (nSPS) is 16.8. The van der Waals surface area contributed by atoms with Gasteiger partial charge in [-0.3, -0.25) is 24.6 Å². The highest BCUT2D eigenvalue weighted by molar-refractivity contribution is 7.17. The molecule has 12 heteroatoms. The Kier molecular flexibility index (Phi) is 6.53. The molecule has 1 fully saturated rings. The van der Waals surface area contributed by atoms with Crippen LogP contribution in [0.2, 0.25) is 0 Å². The second-order valence-corrected chi connectivity index (χ2v) is 8.63. The van der Waals surface area contributed by atoms with E-state index < -0.39 is 34.4 Å². The molecule has 0 aliphatic carbocycles. The molecule has 1 aromatic heterocycles. The van der Waals surface area contributed by atoms with E-state index in [9.17, 15) is 29.6 Å². The van der Waals surface area contributed by atoms with Crippen LogP contribution in [0.1, 0.15) is 32.5 Å². The highest BCUT2D eigenvalue weighted by Crippen LogP contribution is 2.44. The number of hydrogen-bond acceptors (Lipinski definition) is 10. The third-order valence-electron chi connectivity index (χ3n) is 5.55. The Balaban J connectivity index is 1.97. The van der Waals surface area contributed by atoms with Gasteiger partial charge in [-0.15, -0.1) is 0 Å². The second kappa shape index (κ2) is 9.58. The molecule has 184 valence electrons. The van der Waals surface area contributed by atoms with Gasteiger partial charge in [0.15, 0.2) is 5.13 Å². The summed E-state index contributed by atoms with van der Waals surface area (Å²) in [5, 5.41) is 22.6. The average molecular weight is 509 g/mol. The number of aryl methyl sites for hydroxylation is 1. The number of aliphatic hydroxyl groups is 1. The Morgan fingerprint density at radius 3 is 2.56 bits per heavy atom. The van der Waals surface area contributed by atoms with Gasteiger partial charge in [0, 0.05) is 17.7 Å². The first-order valence-electron chi connectivity index (χ1n) is 10.4. The van der Waals surface area contributed by atoms with E-state index in [1.54, 1.807) is 19.1 Å². The average Bonchev–Trinajstić information content (AvgIpc) is 3.39. The fraction of sp³-hybridized carbons (Fsp3) is 0.167. The molecule has 1 N–H and O–H groups in total. The summed E-state index contributed by atoms with van der Waals surface area (Å²) in [6.45, 7) is 1.54. The van der Waals surface area contributed by atoms with Gasteiger partial charge in [-0.05, 0) is 24.6 Å². The van der Waals surface area contributed by atoms with Crippen LogP contribution in [-0.2, 0) is 14.3 Å². The Bertz CT molecular complexity index is 1440. The molecule has 1 aliphatic heterocycles. The molecule has 0 spiro atoms. The highest BCUT2D eigenvalue weighted by Gasteiger charge is 2.48. The first kappa shape index (κ1) is 24.5. The number of ether oxygens (including phenoxy) is 2. The smallest absolute Gasteiger partial charge is 0.350 e. The molecule has 2 heterocycles. The topological polar surface area (TPSA) is 149 Å². The van der Waals surface area contributed by atoms with Crippen LogP contribution < -0.4 is 9.64 Å². The molecule has 1 atom stereocenters. The largest absolute Gasteiger partial charge is 0.507 e. The summed E-state index contributed by atoms with van der Waals surface area (Å²) >= 11 is 0.829. The van der Waals surface area contributed by atoms with Crippen molar-refractivity contribution in [1.29, 1.82) is 0 Å². The molecule has 1 amide bonds. The van der Waals surface area contributed by atoms with Crippen molar-refractivity contribution >= 4 is 45.6 Å². The molecular formula is C24H19N3O8S. The van der Waals surface area contributed by atoms with Gasteiger partial charge in [-0.2, -0.15) is 0 Å². The van der Waals surface area contributed by atoms with Crippen molar-refractivity contribution in [2.45, 2.75) is 13.0 Å². The van der Waals surface area contributed by atoms with Gasteiger partial charge in [0.25, 0.3) is 11.5 Å². The number of aromatic nitrogens is 1. The Hall–Kier alpha value is -4.58. The van der Waals surface area contributed by atoms with Crippen LogP contribution in [0.3, 0.4) is 0 Å². The van der Waals surface area contributed by atoms with Gasteiger partial charge < -0.3 is 14.6 Å². The van der Waals surface area contributed by atoms with E-state index in [4.69, 9.17) is 9.47 Å². The van der Waals surface area contributed by atoms with E-state index in [2.05, 4.69) is 4.98 Å². The Labute approximate surface area is 208 Å². The van der Waals surface area contributed by atoms with Crippen LogP contribution in [0.5, 0.6) is 5.75 Å². The lowest BCUT2D eigenvalue weighted by Crippen LogP contribution is -2.29. The van der Waals surface area contributed by atoms with Crippen LogP contribution in [0.15, 0.2) is 54.1 Å². The maximum Gasteiger partial charge on any atom is 0.350 e. The van der Waals surface area contributed by atoms with E-state index in [0.717, 1.165) is 16.2 Å². The number of carbonyl (C=O) groups excluding carboxylic acids is 3. The zero-order chi connectivity index (χ0) is 26.1. The molecule has 4 rings (SSSR count). The fourth-order valence-corrected chi connectivity index (χ4v) is 4.86. The number of nitro groups is 1. The number of anilines is 1. The maximum atomic E-state index is 13.3. The number of thiazole rings is 1. The summed E-state index contributed by atoms with van der Waals surface area (Å²) < 4.78 is 9.94. The summed E-state index contributed by atoms with van der Waals surface area (Å²) in [6, 6.07) is 10.4. The molecule has 0 bridgehead atoms. The first-order chi connectivity index (χ1) is 17.2. The number of Topliss-reactive ketones (excluding diaryl/α,β-unsaturated/α-hetero) is 1. The lowest BCUT2D eigenvalue weighted by Gasteiger charge is -2.22. The zero-order valence-electron chi connectivity index (χ0n) is 19.3. The first-order valence-corrected chi connectivity index (χ1v) is 11.2. The second-order valence-electron chi connectivity index (χ2n) is 7.66. The molecule has 0 saturated carbocycles. The zero-order valence-corrected chi connectivity index (χ0v) is 20.1. The summed E-state index contributed by atoms with van der Waals surface area (Å²) in [5.41, 5.74) is 0.106. The maximum absolute atomic E-state index is 13.3. The van der Waals surface area contributed by atoms with Crippen molar-refractivity contribution in [2.75, 3.05) is 19.1 Å². The van der Waals surface area contributed by atoms with Crippen molar-refractivity contribution in [1.82, 2.24) is 4.98 Å². The van der Waals surface area contributed by atoms with Crippen molar-refractivity contribution in [3.05, 3.63) is 85.9 Å². The number of nitro benzene ring substituents is 1. The van der Waals surface area contributed by atoms with Gasteiger partial charge in [-0.25, -0.2) is 9.78 Å². The Morgan fingerprint density at radius 2 is 1.89 bits per heavy atom. The minimum Gasteiger partial charge on any atom is -0.507 e. The quantitative estimate of drug-likeness (QED) is 0.131. The van der Waals surface area contributed by atoms with Crippen molar-refractivity contribution < 1.29 is 33.9 Å². The van der Waals surface area contributed by atoms with Crippen LogP contribution >= 0.6 is 11.3 Å². The third kappa shape index (κ3) is 4.18. The van der Waals surface area contributed by atoms with E-state index in [-0.39, 0.29) is 38.1 Å². The number of ketones is 1. The van der Waals surface area contributed by atoms with E-state index in [0.29, 0.717) is 5.75 Å². The number of methoxy groups -OCH3 is 2. The predicted molar refractivity (Wildman–Crippen MR) is 129 cm³/mol. The number of aliphatic hydroxyl groups excluding tert-OH is 1. The number of hydrogen-bond donors (Lipinski definition) is 1. The monoisotopic (exact) mass is 509 g/mol. The minimum atomic E-state index is -1.26. The molecule has 0 radical (unpaired) electrons. The number of rotatable bonds is 6. The number of nitrogens with zero attached hydrogens (tertiary/aromatic N) is 3. The summed E-state index contributed by atoms with van der Waals surface area (Å²) in [4.78, 5) is 54.9. The van der Waals surface area contributed by atoms with Gasteiger partial charge >= 0.3 is 11.9 Å². The van der Waals surface area contributed by atoms with Crippen molar-refractivity contribution in [3.63, 3.8) is 0 Å². The van der Waals surface area contributed by atoms with E-state index >= 15 is 0 Å². The number of benzene rings is 2. The number of carbonyl (C=O) groups is 3. The molecular weight excluding hydrogens is 490 g/mol. The van der Waals surface area contributed by atoms with Crippen LogP contribution in [-0.4, -0.2) is 46.9 Å². The van der Waals surface area contributed by atoms with Gasteiger partial charge in [-0.1, -0.05) is 35.6 Å². The summed E-state index contributed by atoms with van der Waals surface area (Å²) in [7, 11) is 2.63. The number of non-ortho nitro benzene ring substituents is 1. The van der Waals surface area contributed by atoms with Gasteiger partial charge in [0.05, 0.1) is 36.5 Å². The summed E-state index contributed by atoms with van der Waals surface area (Å²) in [5.74, 6) is -2.79. The Morgan fingerprint density at radius 1 is 1.17 bits per heavy atom. The minimum absolute atomic E-state index is 0.00352. The molecule has 3 aromatic rings. The molecule has 11 nitrogen and oxygen atoms in total. The number of esters is 1. The fourth-order valence-electron chi connectivity index (χ4n) is 3.85. The SMILES string of the molecule is COC(=O)c1sc(N2C(=O)C(=O)/C(=C(/O)c3cccc(OC)c3)[C@H]2c2cccc([N+](=O)[O-])c2)nc1C. The molecule has 0 unspecified atom stereocenters.